The van der Waals surface area contributed by atoms with Crippen molar-refractivity contribution < 1.29 is 9.59 Å². The zero-order valence-electron chi connectivity index (χ0n) is 13.1. The Morgan fingerprint density at radius 1 is 1.04 bits per heavy atom. The zero-order valence-corrected chi connectivity index (χ0v) is 13.9. The molecule has 2 aromatic rings. The van der Waals surface area contributed by atoms with E-state index < -0.39 is 0 Å². The topological polar surface area (TPSA) is 58.2 Å². The van der Waals surface area contributed by atoms with Gasteiger partial charge in [-0.3, -0.25) is 9.59 Å². The lowest BCUT2D eigenvalue weighted by Crippen LogP contribution is -2.26. The molecule has 0 saturated heterocycles. The third-order valence-corrected chi connectivity index (χ3v) is 3.73. The standard InChI is InChI=1S/C18H19ClN2O2/c1-12(15-7-9-17(19)10-8-15)21-18(23)16-5-3-14(4-6-16)11-20-13(2)22/h3-10,12H,11H2,1-2H3,(H,20,22)(H,21,23). The van der Waals surface area contributed by atoms with Crippen LogP contribution in [0.1, 0.15) is 41.4 Å². The summed E-state index contributed by atoms with van der Waals surface area (Å²) in [7, 11) is 0. The number of rotatable bonds is 5. The SMILES string of the molecule is CC(=O)NCc1ccc(C(=O)NC(C)c2ccc(Cl)cc2)cc1. The molecule has 0 saturated carbocycles. The van der Waals surface area contributed by atoms with Crippen molar-refractivity contribution in [3.8, 4) is 0 Å². The van der Waals surface area contributed by atoms with Crippen LogP contribution in [0.25, 0.3) is 0 Å². The molecule has 5 heteroatoms. The van der Waals surface area contributed by atoms with Gasteiger partial charge in [0.25, 0.3) is 5.91 Å². The molecule has 2 N–H and O–H groups in total. The number of amides is 2. The van der Waals surface area contributed by atoms with Gasteiger partial charge in [-0.25, -0.2) is 0 Å². The Kier molecular flexibility index (Phi) is 5.77. The largest absolute Gasteiger partial charge is 0.352 e. The Morgan fingerprint density at radius 2 is 1.65 bits per heavy atom. The first-order valence-electron chi connectivity index (χ1n) is 7.35. The molecule has 0 spiro atoms. The van der Waals surface area contributed by atoms with Gasteiger partial charge in [-0.1, -0.05) is 35.9 Å². The highest BCUT2D eigenvalue weighted by atomic mass is 35.5. The predicted octanol–water partition coefficient (Wildman–Crippen LogP) is 3.47. The maximum Gasteiger partial charge on any atom is 0.251 e. The molecule has 0 radical (unpaired) electrons. The monoisotopic (exact) mass is 330 g/mol. The number of hydrogen-bond acceptors (Lipinski definition) is 2. The van der Waals surface area contributed by atoms with Crippen LogP contribution in [0.5, 0.6) is 0 Å². The minimum absolute atomic E-state index is 0.0800. The van der Waals surface area contributed by atoms with Crippen molar-refractivity contribution >= 4 is 23.4 Å². The average molecular weight is 331 g/mol. The highest BCUT2D eigenvalue weighted by Crippen LogP contribution is 2.16. The van der Waals surface area contributed by atoms with E-state index in [2.05, 4.69) is 10.6 Å². The molecule has 0 aliphatic rings. The fourth-order valence-corrected chi connectivity index (χ4v) is 2.24. The number of hydrogen-bond donors (Lipinski definition) is 2. The lowest BCUT2D eigenvalue weighted by molar-refractivity contribution is -0.119. The fraction of sp³-hybridized carbons (Fsp3) is 0.222. The average Bonchev–Trinajstić information content (AvgIpc) is 2.54. The van der Waals surface area contributed by atoms with E-state index in [-0.39, 0.29) is 17.9 Å². The molecule has 1 unspecified atom stereocenters. The first-order valence-corrected chi connectivity index (χ1v) is 7.73. The first-order chi connectivity index (χ1) is 11.0. The summed E-state index contributed by atoms with van der Waals surface area (Å²) < 4.78 is 0. The normalized spacial score (nSPS) is 11.6. The molecule has 23 heavy (non-hydrogen) atoms. The van der Waals surface area contributed by atoms with Gasteiger partial charge in [0.05, 0.1) is 6.04 Å². The molecule has 0 aliphatic heterocycles. The Labute approximate surface area is 140 Å². The van der Waals surface area contributed by atoms with Crippen molar-refractivity contribution in [3.05, 3.63) is 70.2 Å². The van der Waals surface area contributed by atoms with Gasteiger partial charge in [0, 0.05) is 24.1 Å². The van der Waals surface area contributed by atoms with E-state index >= 15 is 0 Å². The quantitative estimate of drug-likeness (QED) is 0.882. The summed E-state index contributed by atoms with van der Waals surface area (Å²) in [5.74, 6) is -0.220. The summed E-state index contributed by atoms with van der Waals surface area (Å²) in [5, 5.41) is 6.34. The number of carbonyl (C=O) groups excluding carboxylic acids is 2. The van der Waals surface area contributed by atoms with Crippen LogP contribution in [-0.4, -0.2) is 11.8 Å². The summed E-state index contributed by atoms with van der Waals surface area (Å²) in [6, 6.07) is 14.4. The highest BCUT2D eigenvalue weighted by Gasteiger charge is 2.11. The predicted molar refractivity (Wildman–Crippen MR) is 91.3 cm³/mol. The molecule has 2 rings (SSSR count). The zero-order chi connectivity index (χ0) is 16.8. The molecule has 2 aromatic carbocycles. The van der Waals surface area contributed by atoms with Gasteiger partial charge in [0.15, 0.2) is 0 Å². The van der Waals surface area contributed by atoms with E-state index in [4.69, 9.17) is 11.6 Å². The molecule has 0 heterocycles. The van der Waals surface area contributed by atoms with Crippen molar-refractivity contribution in [1.29, 1.82) is 0 Å². The van der Waals surface area contributed by atoms with Crippen molar-refractivity contribution in [2.75, 3.05) is 0 Å². The van der Waals surface area contributed by atoms with Gasteiger partial charge in [-0.05, 0) is 42.3 Å². The van der Waals surface area contributed by atoms with Gasteiger partial charge in [-0.15, -0.1) is 0 Å². The molecular weight excluding hydrogens is 312 g/mol. The van der Waals surface area contributed by atoms with Crippen LogP contribution in [0.3, 0.4) is 0 Å². The molecule has 0 bridgehead atoms. The maximum atomic E-state index is 12.3. The lowest BCUT2D eigenvalue weighted by Gasteiger charge is -2.14. The molecule has 4 nitrogen and oxygen atoms in total. The van der Waals surface area contributed by atoms with Gasteiger partial charge >= 0.3 is 0 Å². The van der Waals surface area contributed by atoms with E-state index in [0.717, 1.165) is 11.1 Å². The van der Waals surface area contributed by atoms with Crippen LogP contribution in [0.4, 0.5) is 0 Å². The number of carbonyl (C=O) groups is 2. The second-order valence-corrected chi connectivity index (χ2v) is 5.79. The van der Waals surface area contributed by atoms with Crippen LogP contribution < -0.4 is 10.6 Å². The van der Waals surface area contributed by atoms with E-state index in [9.17, 15) is 9.59 Å². The van der Waals surface area contributed by atoms with Gasteiger partial charge in [-0.2, -0.15) is 0 Å². The maximum absolute atomic E-state index is 12.3. The van der Waals surface area contributed by atoms with Crippen molar-refractivity contribution in [1.82, 2.24) is 10.6 Å². The van der Waals surface area contributed by atoms with Crippen molar-refractivity contribution in [2.45, 2.75) is 26.4 Å². The molecule has 120 valence electrons. The first kappa shape index (κ1) is 17.0. The smallest absolute Gasteiger partial charge is 0.251 e. The van der Waals surface area contributed by atoms with E-state index in [1.54, 1.807) is 24.3 Å². The lowest BCUT2D eigenvalue weighted by atomic mass is 10.1. The van der Waals surface area contributed by atoms with Gasteiger partial charge < -0.3 is 10.6 Å². The third-order valence-electron chi connectivity index (χ3n) is 3.48. The Bertz CT molecular complexity index is 681. The Morgan fingerprint density at radius 3 is 2.22 bits per heavy atom. The van der Waals surface area contributed by atoms with Gasteiger partial charge in [0.2, 0.25) is 5.91 Å². The van der Waals surface area contributed by atoms with Crippen LogP contribution in [0.2, 0.25) is 5.02 Å². The van der Waals surface area contributed by atoms with Crippen LogP contribution >= 0.6 is 11.6 Å². The summed E-state index contributed by atoms with van der Waals surface area (Å²) >= 11 is 5.86. The third kappa shape index (κ3) is 5.11. The van der Waals surface area contributed by atoms with Crippen LogP contribution in [0, 0.1) is 0 Å². The van der Waals surface area contributed by atoms with Crippen molar-refractivity contribution in [3.63, 3.8) is 0 Å². The number of halogens is 1. The molecule has 0 fully saturated rings. The molecule has 0 aliphatic carbocycles. The molecular formula is C18H19ClN2O2. The Balaban J connectivity index is 1.97. The summed E-state index contributed by atoms with van der Waals surface area (Å²) in [6.07, 6.45) is 0. The number of benzene rings is 2. The van der Waals surface area contributed by atoms with Crippen molar-refractivity contribution in [2.24, 2.45) is 0 Å². The van der Waals surface area contributed by atoms with Crippen LogP contribution in [-0.2, 0) is 11.3 Å². The molecule has 2 amide bonds. The summed E-state index contributed by atoms with van der Waals surface area (Å²) in [5.41, 5.74) is 2.52. The summed E-state index contributed by atoms with van der Waals surface area (Å²) in [4.78, 5) is 23.2. The molecule has 0 aromatic heterocycles. The highest BCUT2D eigenvalue weighted by molar-refractivity contribution is 6.30. The molecule has 1 atom stereocenters. The minimum atomic E-state index is -0.140. The second kappa shape index (κ2) is 7.79. The van der Waals surface area contributed by atoms with Crippen LogP contribution in [0.15, 0.2) is 48.5 Å². The van der Waals surface area contributed by atoms with E-state index in [1.165, 1.54) is 6.92 Å². The van der Waals surface area contributed by atoms with E-state index in [0.29, 0.717) is 17.1 Å². The van der Waals surface area contributed by atoms with Gasteiger partial charge in [0.1, 0.15) is 0 Å². The minimum Gasteiger partial charge on any atom is -0.352 e. The number of nitrogens with one attached hydrogen (secondary N) is 2. The van der Waals surface area contributed by atoms with E-state index in [1.807, 2.05) is 31.2 Å². The fourth-order valence-electron chi connectivity index (χ4n) is 2.12. The Hall–Kier alpha value is -2.33. The second-order valence-electron chi connectivity index (χ2n) is 5.35. The summed E-state index contributed by atoms with van der Waals surface area (Å²) in [6.45, 7) is 3.85.